The zero-order valence-corrected chi connectivity index (χ0v) is 20.8. The van der Waals surface area contributed by atoms with E-state index in [4.69, 9.17) is 4.99 Å². The highest BCUT2D eigenvalue weighted by molar-refractivity contribution is 14.0. The Bertz CT molecular complexity index is 833. The minimum Gasteiger partial charge on any atom is -0.357 e. The summed E-state index contributed by atoms with van der Waals surface area (Å²) in [5, 5.41) is 12.1. The number of benzene rings is 1. The SMILES string of the molecule is CCNC(=NCC1CCc2nnc(C)n2C1)N1CCC(c2ccccc2)C(C)C1.I. The van der Waals surface area contributed by atoms with Gasteiger partial charge in [-0.25, -0.2) is 0 Å². The predicted molar refractivity (Wildman–Crippen MR) is 133 cm³/mol. The number of hydrogen-bond acceptors (Lipinski definition) is 3. The fourth-order valence-corrected chi connectivity index (χ4v) is 4.85. The van der Waals surface area contributed by atoms with Crippen molar-refractivity contribution in [1.29, 1.82) is 0 Å². The summed E-state index contributed by atoms with van der Waals surface area (Å²) in [6.07, 6.45) is 3.34. The van der Waals surface area contributed by atoms with Crippen molar-refractivity contribution in [3.8, 4) is 0 Å². The van der Waals surface area contributed by atoms with Crippen LogP contribution in [0.25, 0.3) is 0 Å². The third kappa shape index (κ3) is 5.15. The molecule has 1 saturated heterocycles. The van der Waals surface area contributed by atoms with Crippen LogP contribution in [0, 0.1) is 18.8 Å². The lowest BCUT2D eigenvalue weighted by Crippen LogP contribution is -2.48. The van der Waals surface area contributed by atoms with Crippen LogP contribution in [0.4, 0.5) is 0 Å². The smallest absolute Gasteiger partial charge is 0.193 e. The van der Waals surface area contributed by atoms with Crippen LogP contribution in [0.3, 0.4) is 0 Å². The van der Waals surface area contributed by atoms with E-state index in [9.17, 15) is 0 Å². The van der Waals surface area contributed by atoms with Crippen molar-refractivity contribution in [3.05, 3.63) is 47.5 Å². The third-order valence-electron chi connectivity index (χ3n) is 6.50. The summed E-state index contributed by atoms with van der Waals surface area (Å²) in [7, 11) is 0. The van der Waals surface area contributed by atoms with E-state index < -0.39 is 0 Å². The molecule has 0 amide bonds. The number of guanidine groups is 1. The van der Waals surface area contributed by atoms with Gasteiger partial charge in [-0.3, -0.25) is 4.99 Å². The first kappa shape index (κ1) is 23.0. The molecule has 7 heteroatoms. The van der Waals surface area contributed by atoms with E-state index in [1.54, 1.807) is 0 Å². The predicted octanol–water partition coefficient (Wildman–Crippen LogP) is 3.86. The summed E-state index contributed by atoms with van der Waals surface area (Å²) >= 11 is 0. The van der Waals surface area contributed by atoms with Crippen molar-refractivity contribution >= 4 is 29.9 Å². The Morgan fingerprint density at radius 1 is 1.17 bits per heavy atom. The number of likely N-dealkylation sites (tertiary alicyclic amines) is 1. The Morgan fingerprint density at radius 2 is 1.97 bits per heavy atom. The average molecular weight is 522 g/mol. The summed E-state index contributed by atoms with van der Waals surface area (Å²) in [4.78, 5) is 7.52. The average Bonchev–Trinajstić information content (AvgIpc) is 3.12. The van der Waals surface area contributed by atoms with Crippen LogP contribution in [0.15, 0.2) is 35.3 Å². The van der Waals surface area contributed by atoms with E-state index in [-0.39, 0.29) is 24.0 Å². The lowest BCUT2D eigenvalue weighted by molar-refractivity contribution is 0.234. The maximum Gasteiger partial charge on any atom is 0.193 e. The maximum absolute atomic E-state index is 5.06. The van der Waals surface area contributed by atoms with E-state index in [1.807, 2.05) is 6.92 Å². The van der Waals surface area contributed by atoms with Crippen molar-refractivity contribution in [3.63, 3.8) is 0 Å². The van der Waals surface area contributed by atoms with Crippen LogP contribution in [0.1, 0.15) is 49.8 Å². The highest BCUT2D eigenvalue weighted by atomic mass is 127. The Hall–Kier alpha value is -1.64. The maximum atomic E-state index is 5.06. The monoisotopic (exact) mass is 522 g/mol. The minimum absolute atomic E-state index is 0. The molecule has 0 radical (unpaired) electrons. The molecule has 4 rings (SSSR count). The topological polar surface area (TPSA) is 58.3 Å². The molecule has 0 bridgehead atoms. The molecule has 1 N–H and O–H groups in total. The van der Waals surface area contributed by atoms with Crippen molar-refractivity contribution in [2.24, 2.45) is 16.8 Å². The number of aliphatic imine (C=N–C) groups is 1. The van der Waals surface area contributed by atoms with Gasteiger partial charge < -0.3 is 14.8 Å². The highest BCUT2D eigenvalue weighted by Gasteiger charge is 2.29. The Balaban J connectivity index is 0.00000256. The number of nitrogens with zero attached hydrogens (tertiary/aromatic N) is 5. The second-order valence-electron chi connectivity index (χ2n) is 8.60. The fraction of sp³-hybridized carbons (Fsp3) is 0.609. The van der Waals surface area contributed by atoms with Crippen LogP contribution in [0.5, 0.6) is 0 Å². The molecule has 2 aliphatic rings. The summed E-state index contributed by atoms with van der Waals surface area (Å²) in [6.45, 7) is 11.5. The third-order valence-corrected chi connectivity index (χ3v) is 6.50. The molecule has 1 aromatic carbocycles. The number of aromatic nitrogens is 3. The molecular weight excluding hydrogens is 487 g/mol. The van der Waals surface area contributed by atoms with Crippen LogP contribution < -0.4 is 5.32 Å². The van der Waals surface area contributed by atoms with Gasteiger partial charge in [0, 0.05) is 39.1 Å². The highest BCUT2D eigenvalue weighted by Crippen LogP contribution is 2.32. The standard InChI is InChI=1S/C23H34N6.HI/c1-4-24-23(25-14-19-10-11-22-27-26-18(3)29(22)16-19)28-13-12-21(17(2)15-28)20-8-6-5-7-9-20;/h5-9,17,19,21H,4,10-16H2,1-3H3,(H,24,25);1H. The lowest BCUT2D eigenvalue weighted by atomic mass is 9.82. The molecule has 0 spiro atoms. The van der Waals surface area contributed by atoms with Gasteiger partial charge in [0.25, 0.3) is 0 Å². The van der Waals surface area contributed by atoms with Gasteiger partial charge in [0.05, 0.1) is 0 Å². The van der Waals surface area contributed by atoms with Crippen LogP contribution >= 0.6 is 24.0 Å². The van der Waals surface area contributed by atoms with E-state index in [0.717, 1.165) is 63.2 Å². The Labute approximate surface area is 197 Å². The first-order chi connectivity index (χ1) is 14.2. The van der Waals surface area contributed by atoms with E-state index in [2.05, 4.69) is 69.2 Å². The van der Waals surface area contributed by atoms with Gasteiger partial charge in [-0.05, 0) is 50.0 Å². The van der Waals surface area contributed by atoms with Gasteiger partial charge in [0.1, 0.15) is 11.6 Å². The fourth-order valence-electron chi connectivity index (χ4n) is 4.85. The van der Waals surface area contributed by atoms with E-state index in [0.29, 0.717) is 17.8 Å². The lowest BCUT2D eigenvalue weighted by Gasteiger charge is -2.39. The summed E-state index contributed by atoms with van der Waals surface area (Å²) < 4.78 is 2.27. The molecule has 2 aromatic rings. The van der Waals surface area contributed by atoms with E-state index >= 15 is 0 Å². The quantitative estimate of drug-likeness (QED) is 0.377. The second-order valence-corrected chi connectivity index (χ2v) is 8.60. The van der Waals surface area contributed by atoms with Crippen LogP contribution in [-0.2, 0) is 13.0 Å². The van der Waals surface area contributed by atoms with Crippen molar-refractivity contribution in [2.75, 3.05) is 26.2 Å². The number of piperidine rings is 1. The number of halogens is 1. The molecule has 0 saturated carbocycles. The zero-order chi connectivity index (χ0) is 20.2. The number of rotatable bonds is 4. The number of hydrogen-bond donors (Lipinski definition) is 1. The number of nitrogens with one attached hydrogen (secondary N) is 1. The summed E-state index contributed by atoms with van der Waals surface area (Å²) in [6, 6.07) is 11.0. The molecule has 3 heterocycles. The molecule has 30 heavy (non-hydrogen) atoms. The molecular formula is C23H35IN6. The van der Waals surface area contributed by atoms with Crippen molar-refractivity contribution in [2.45, 2.75) is 52.5 Å². The molecule has 1 fully saturated rings. The number of fused-ring (bicyclic) bond motifs is 1. The Kier molecular flexibility index (Phi) is 8.13. The molecule has 2 aliphatic heterocycles. The molecule has 3 unspecified atom stereocenters. The largest absolute Gasteiger partial charge is 0.357 e. The van der Waals surface area contributed by atoms with Crippen LogP contribution in [-0.4, -0.2) is 51.8 Å². The van der Waals surface area contributed by atoms with Gasteiger partial charge in [0.15, 0.2) is 5.96 Å². The first-order valence-electron chi connectivity index (χ1n) is 11.1. The molecule has 6 nitrogen and oxygen atoms in total. The summed E-state index contributed by atoms with van der Waals surface area (Å²) in [5.74, 6) is 5.06. The minimum atomic E-state index is 0. The second kappa shape index (κ2) is 10.6. The molecule has 0 aliphatic carbocycles. The van der Waals surface area contributed by atoms with Gasteiger partial charge in [-0.2, -0.15) is 0 Å². The molecule has 1 aromatic heterocycles. The zero-order valence-electron chi connectivity index (χ0n) is 18.4. The normalized spacial score (nSPS) is 24.2. The van der Waals surface area contributed by atoms with Gasteiger partial charge in [-0.1, -0.05) is 37.3 Å². The summed E-state index contributed by atoms with van der Waals surface area (Å²) in [5.41, 5.74) is 1.48. The van der Waals surface area contributed by atoms with Gasteiger partial charge in [0.2, 0.25) is 0 Å². The Morgan fingerprint density at radius 3 is 2.70 bits per heavy atom. The first-order valence-corrected chi connectivity index (χ1v) is 11.1. The molecule has 3 atom stereocenters. The van der Waals surface area contributed by atoms with Crippen LogP contribution in [0.2, 0.25) is 0 Å². The van der Waals surface area contributed by atoms with E-state index in [1.165, 1.54) is 12.0 Å². The van der Waals surface area contributed by atoms with Crippen molar-refractivity contribution in [1.82, 2.24) is 25.0 Å². The van der Waals surface area contributed by atoms with Gasteiger partial charge >= 0.3 is 0 Å². The molecule has 164 valence electrons. The van der Waals surface area contributed by atoms with Crippen molar-refractivity contribution < 1.29 is 0 Å². The van der Waals surface area contributed by atoms with Gasteiger partial charge in [-0.15, -0.1) is 34.2 Å². The number of aryl methyl sites for hydroxylation is 2.